The van der Waals surface area contributed by atoms with E-state index < -0.39 is 5.97 Å². The topological polar surface area (TPSA) is 53.8 Å². The third kappa shape index (κ3) is 2.47. The highest BCUT2D eigenvalue weighted by molar-refractivity contribution is 5.65. The lowest BCUT2D eigenvalue weighted by atomic mass is 10.2. The minimum Gasteiger partial charge on any atom is -0.544 e. The first-order valence-electron chi connectivity index (χ1n) is 5.00. The third-order valence-electron chi connectivity index (χ3n) is 2.52. The highest BCUT2D eigenvalue weighted by Gasteiger charge is 2.17. The van der Waals surface area contributed by atoms with Crippen LogP contribution in [-0.4, -0.2) is 25.7 Å². The Bertz CT molecular complexity index is 365. The Kier molecular flexibility index (Phi) is 2.87. The third-order valence-corrected chi connectivity index (χ3v) is 2.52. The maximum Gasteiger partial charge on any atom is 0.137 e. The maximum absolute atomic E-state index is 10.5. The molecule has 1 unspecified atom stereocenters. The number of ether oxygens (including phenoxy) is 1. The van der Waals surface area contributed by atoms with Crippen molar-refractivity contribution in [3.63, 3.8) is 0 Å². The molecule has 0 aromatic heterocycles. The minimum atomic E-state index is -1.01. The summed E-state index contributed by atoms with van der Waals surface area (Å²) >= 11 is 0. The number of aliphatic carboxylic acids is 1. The summed E-state index contributed by atoms with van der Waals surface area (Å²) in [6.45, 7) is 1.98. The quantitative estimate of drug-likeness (QED) is 0.623. The number of para-hydroxylation sites is 1. The molecular weight excluding hydrogens is 194 g/mol. The summed E-state index contributed by atoms with van der Waals surface area (Å²) in [5.41, 5.74) is 1.06. The standard InChI is InChI=1S/C11H13NO3/c13-11(14)8-12-5-6-15-10-4-2-1-3-9(10)7-12/h1-4H,5-8H2,(H,13,14). The van der Waals surface area contributed by atoms with Crippen molar-refractivity contribution in [2.45, 2.75) is 6.54 Å². The number of quaternary nitrogens is 1. The fourth-order valence-corrected chi connectivity index (χ4v) is 1.81. The van der Waals surface area contributed by atoms with Crippen molar-refractivity contribution in [1.82, 2.24) is 0 Å². The van der Waals surface area contributed by atoms with Crippen LogP contribution in [0.2, 0.25) is 0 Å². The zero-order valence-corrected chi connectivity index (χ0v) is 8.36. The normalized spacial score (nSPS) is 19.9. The number of hydrogen-bond donors (Lipinski definition) is 1. The van der Waals surface area contributed by atoms with Gasteiger partial charge in [0.1, 0.15) is 32.0 Å². The molecule has 1 N–H and O–H groups in total. The van der Waals surface area contributed by atoms with Gasteiger partial charge in [0.15, 0.2) is 0 Å². The summed E-state index contributed by atoms with van der Waals surface area (Å²) in [5, 5.41) is 10.5. The molecule has 1 aliphatic rings. The van der Waals surface area contributed by atoms with Crippen LogP contribution in [0.5, 0.6) is 5.75 Å². The second-order valence-corrected chi connectivity index (χ2v) is 3.68. The summed E-state index contributed by atoms with van der Waals surface area (Å²) in [4.78, 5) is 11.5. The molecule has 1 aromatic carbocycles. The van der Waals surface area contributed by atoms with Gasteiger partial charge in [0.2, 0.25) is 0 Å². The Labute approximate surface area is 88.1 Å². The summed E-state index contributed by atoms with van der Waals surface area (Å²) in [6.07, 6.45) is 0. The number of fused-ring (bicyclic) bond motifs is 1. The average molecular weight is 207 g/mol. The van der Waals surface area contributed by atoms with Crippen LogP contribution in [0.3, 0.4) is 0 Å². The molecule has 1 aliphatic heterocycles. The highest BCUT2D eigenvalue weighted by Crippen LogP contribution is 2.17. The SMILES string of the molecule is O=C([O-])C[NH+]1CCOc2ccccc2C1. The Morgan fingerprint density at radius 3 is 3.07 bits per heavy atom. The monoisotopic (exact) mass is 207 g/mol. The predicted octanol–water partition coefficient (Wildman–Crippen LogP) is -1.79. The Morgan fingerprint density at radius 2 is 2.27 bits per heavy atom. The van der Waals surface area contributed by atoms with Crippen molar-refractivity contribution in [3.05, 3.63) is 29.8 Å². The molecule has 4 nitrogen and oxygen atoms in total. The van der Waals surface area contributed by atoms with E-state index in [4.69, 9.17) is 4.74 Å². The minimum absolute atomic E-state index is 0.0394. The zero-order chi connectivity index (χ0) is 10.7. The summed E-state index contributed by atoms with van der Waals surface area (Å²) in [6, 6.07) is 7.74. The first-order chi connectivity index (χ1) is 7.25. The molecule has 2 rings (SSSR count). The number of carboxylic acids is 1. The molecule has 4 heteroatoms. The number of hydrogen-bond acceptors (Lipinski definition) is 3. The lowest BCUT2D eigenvalue weighted by Gasteiger charge is -2.16. The van der Waals surface area contributed by atoms with Gasteiger partial charge in [0.25, 0.3) is 0 Å². The van der Waals surface area contributed by atoms with Crippen LogP contribution in [0.15, 0.2) is 24.3 Å². The Morgan fingerprint density at radius 1 is 1.47 bits per heavy atom. The van der Waals surface area contributed by atoms with Crippen LogP contribution in [0.25, 0.3) is 0 Å². The van der Waals surface area contributed by atoms with Crippen LogP contribution < -0.4 is 14.7 Å². The molecule has 0 bridgehead atoms. The van der Waals surface area contributed by atoms with Crippen LogP contribution in [0.1, 0.15) is 5.56 Å². The number of carbonyl (C=O) groups is 1. The van der Waals surface area contributed by atoms with Crippen molar-refractivity contribution in [2.24, 2.45) is 0 Å². The van der Waals surface area contributed by atoms with Crippen molar-refractivity contribution in [3.8, 4) is 5.75 Å². The van der Waals surface area contributed by atoms with E-state index in [0.717, 1.165) is 16.2 Å². The molecule has 1 aromatic rings. The van der Waals surface area contributed by atoms with Gasteiger partial charge >= 0.3 is 0 Å². The van der Waals surface area contributed by atoms with Gasteiger partial charge in [0.05, 0.1) is 5.97 Å². The first kappa shape index (κ1) is 9.98. The summed E-state index contributed by atoms with van der Waals surface area (Å²) in [7, 11) is 0. The first-order valence-corrected chi connectivity index (χ1v) is 5.00. The largest absolute Gasteiger partial charge is 0.544 e. The van der Waals surface area contributed by atoms with E-state index in [0.29, 0.717) is 19.7 Å². The van der Waals surface area contributed by atoms with E-state index in [1.54, 1.807) is 0 Å². The van der Waals surface area contributed by atoms with Crippen LogP contribution in [-0.2, 0) is 11.3 Å². The van der Waals surface area contributed by atoms with E-state index in [2.05, 4.69) is 0 Å². The fourth-order valence-electron chi connectivity index (χ4n) is 1.81. The summed E-state index contributed by atoms with van der Waals surface area (Å²) in [5.74, 6) is -0.143. The summed E-state index contributed by atoms with van der Waals surface area (Å²) < 4.78 is 5.53. The van der Waals surface area contributed by atoms with Gasteiger partial charge < -0.3 is 19.5 Å². The van der Waals surface area contributed by atoms with Gasteiger partial charge in [-0.3, -0.25) is 0 Å². The molecular formula is C11H13NO3. The molecule has 80 valence electrons. The van der Waals surface area contributed by atoms with Crippen molar-refractivity contribution >= 4 is 5.97 Å². The van der Waals surface area contributed by atoms with Crippen molar-refractivity contribution < 1.29 is 19.5 Å². The molecule has 1 heterocycles. The lowest BCUT2D eigenvalue weighted by Crippen LogP contribution is -3.12. The van der Waals surface area contributed by atoms with Crippen LogP contribution in [0.4, 0.5) is 0 Å². The predicted molar refractivity (Wildman–Crippen MR) is 51.3 cm³/mol. The van der Waals surface area contributed by atoms with Gasteiger partial charge in [-0.15, -0.1) is 0 Å². The highest BCUT2D eigenvalue weighted by atomic mass is 16.5. The van der Waals surface area contributed by atoms with Crippen LogP contribution >= 0.6 is 0 Å². The molecule has 0 spiro atoms. The molecule has 0 radical (unpaired) electrons. The number of rotatable bonds is 2. The fraction of sp³-hybridized carbons (Fsp3) is 0.364. The Balaban J connectivity index is 2.13. The van der Waals surface area contributed by atoms with Gasteiger partial charge in [-0.25, -0.2) is 0 Å². The maximum atomic E-state index is 10.5. The van der Waals surface area contributed by atoms with Gasteiger partial charge in [0, 0.05) is 5.56 Å². The number of carboxylic acid groups (broad SMARTS) is 1. The van der Waals surface area contributed by atoms with E-state index in [1.165, 1.54) is 0 Å². The number of carbonyl (C=O) groups excluding carboxylic acids is 1. The van der Waals surface area contributed by atoms with Gasteiger partial charge in [-0.1, -0.05) is 12.1 Å². The second-order valence-electron chi connectivity index (χ2n) is 3.68. The number of benzene rings is 1. The molecule has 1 atom stereocenters. The number of nitrogens with one attached hydrogen (secondary N) is 1. The molecule has 0 fully saturated rings. The van der Waals surface area contributed by atoms with E-state index in [-0.39, 0.29) is 6.54 Å². The van der Waals surface area contributed by atoms with E-state index in [1.807, 2.05) is 24.3 Å². The molecule has 0 amide bonds. The van der Waals surface area contributed by atoms with E-state index in [9.17, 15) is 9.90 Å². The van der Waals surface area contributed by atoms with E-state index >= 15 is 0 Å². The molecule has 0 aliphatic carbocycles. The van der Waals surface area contributed by atoms with Gasteiger partial charge in [-0.05, 0) is 12.1 Å². The van der Waals surface area contributed by atoms with Crippen molar-refractivity contribution in [1.29, 1.82) is 0 Å². The second kappa shape index (κ2) is 4.31. The Hall–Kier alpha value is -1.55. The van der Waals surface area contributed by atoms with Gasteiger partial charge in [-0.2, -0.15) is 0 Å². The van der Waals surface area contributed by atoms with Crippen LogP contribution in [0, 0.1) is 0 Å². The smallest absolute Gasteiger partial charge is 0.137 e. The molecule has 0 saturated heterocycles. The van der Waals surface area contributed by atoms with Crippen molar-refractivity contribution in [2.75, 3.05) is 19.7 Å². The molecule has 15 heavy (non-hydrogen) atoms. The molecule has 0 saturated carbocycles. The lowest BCUT2D eigenvalue weighted by molar-refractivity contribution is -0.907. The zero-order valence-electron chi connectivity index (χ0n) is 8.36. The average Bonchev–Trinajstić information content (AvgIpc) is 2.38.